The van der Waals surface area contributed by atoms with Gasteiger partial charge in [0.2, 0.25) is 4.96 Å². The van der Waals surface area contributed by atoms with Gasteiger partial charge in [0, 0.05) is 19.0 Å². The van der Waals surface area contributed by atoms with Gasteiger partial charge < -0.3 is 5.32 Å². The van der Waals surface area contributed by atoms with Gasteiger partial charge in [-0.3, -0.25) is 0 Å². The van der Waals surface area contributed by atoms with Gasteiger partial charge in [0.25, 0.3) is 0 Å². The van der Waals surface area contributed by atoms with Crippen molar-refractivity contribution in [2.75, 3.05) is 18.1 Å². The zero-order valence-electron chi connectivity index (χ0n) is 8.90. The number of aromatic nitrogens is 4. The highest BCUT2D eigenvalue weighted by atomic mass is 32.2. The van der Waals surface area contributed by atoms with Crippen LogP contribution in [-0.4, -0.2) is 52.3 Å². The molecule has 9 heteroatoms. The fourth-order valence-electron chi connectivity index (χ4n) is 1.89. The predicted octanol–water partition coefficient (Wildman–Crippen LogP) is -0.885. The molecule has 1 fully saturated rings. The molecule has 1 aliphatic heterocycles. The van der Waals surface area contributed by atoms with Gasteiger partial charge in [-0.1, -0.05) is 11.3 Å². The minimum atomic E-state index is -2.89. The van der Waals surface area contributed by atoms with Crippen LogP contribution in [0.4, 0.5) is 0 Å². The Bertz CT molecular complexity index is 603. The average Bonchev–Trinajstić information content (AvgIpc) is 2.75. The number of sulfone groups is 1. The highest BCUT2D eigenvalue weighted by Gasteiger charge is 2.25. The van der Waals surface area contributed by atoms with E-state index in [1.807, 2.05) is 0 Å². The molecule has 0 radical (unpaired) electrons. The Labute approximate surface area is 102 Å². The molecule has 1 atom stereocenters. The van der Waals surface area contributed by atoms with Crippen LogP contribution in [0.2, 0.25) is 0 Å². The number of nitrogens with zero attached hydrogens (tertiary/aromatic N) is 4. The Morgan fingerprint density at radius 3 is 3.24 bits per heavy atom. The van der Waals surface area contributed by atoms with E-state index in [1.54, 1.807) is 10.8 Å². The lowest BCUT2D eigenvalue weighted by atomic mass is 10.2. The van der Waals surface area contributed by atoms with Crippen molar-refractivity contribution in [1.82, 2.24) is 25.1 Å². The molecule has 0 saturated carbocycles. The van der Waals surface area contributed by atoms with Gasteiger partial charge in [0.15, 0.2) is 9.84 Å². The van der Waals surface area contributed by atoms with Gasteiger partial charge >= 0.3 is 0 Å². The first-order chi connectivity index (χ1) is 8.12. The van der Waals surface area contributed by atoms with E-state index in [0.717, 1.165) is 9.97 Å². The first-order valence-corrected chi connectivity index (χ1v) is 7.86. The van der Waals surface area contributed by atoms with Crippen molar-refractivity contribution >= 4 is 26.1 Å². The molecule has 0 bridgehead atoms. The summed E-state index contributed by atoms with van der Waals surface area (Å²) in [4.78, 5) is 0.735. The van der Waals surface area contributed by atoms with E-state index in [0.29, 0.717) is 13.0 Å². The minimum Gasteiger partial charge on any atom is -0.312 e. The van der Waals surface area contributed by atoms with E-state index in [9.17, 15) is 8.42 Å². The quantitative estimate of drug-likeness (QED) is 0.764. The zero-order chi connectivity index (χ0) is 11.9. The van der Waals surface area contributed by atoms with Crippen LogP contribution in [0.25, 0.3) is 4.96 Å². The van der Waals surface area contributed by atoms with Crippen molar-refractivity contribution in [2.24, 2.45) is 0 Å². The Morgan fingerprint density at radius 2 is 2.47 bits per heavy atom. The summed E-state index contributed by atoms with van der Waals surface area (Å²) >= 11 is 1.44. The van der Waals surface area contributed by atoms with Crippen molar-refractivity contribution in [2.45, 2.75) is 12.5 Å². The summed E-state index contributed by atoms with van der Waals surface area (Å²) in [6, 6.07) is -0.0439. The first kappa shape index (κ1) is 11.1. The second-order valence-electron chi connectivity index (χ2n) is 4.02. The molecule has 0 spiro atoms. The van der Waals surface area contributed by atoms with Crippen LogP contribution < -0.4 is 5.32 Å². The van der Waals surface area contributed by atoms with Gasteiger partial charge in [0.05, 0.1) is 11.5 Å². The third-order valence-corrected chi connectivity index (χ3v) is 5.32. The molecule has 2 aromatic heterocycles. The molecular formula is C8H11N5O2S2. The third kappa shape index (κ3) is 2.31. The van der Waals surface area contributed by atoms with Crippen molar-refractivity contribution in [3.05, 3.63) is 11.3 Å². The van der Waals surface area contributed by atoms with E-state index in [2.05, 4.69) is 20.6 Å². The van der Waals surface area contributed by atoms with Gasteiger partial charge in [0.1, 0.15) is 11.3 Å². The highest BCUT2D eigenvalue weighted by molar-refractivity contribution is 7.91. The molecule has 17 heavy (non-hydrogen) atoms. The number of nitrogens with one attached hydrogen (secondary N) is 1. The molecule has 3 heterocycles. The summed E-state index contributed by atoms with van der Waals surface area (Å²) in [5.41, 5.74) is 0. The maximum absolute atomic E-state index is 11.5. The molecule has 1 aliphatic rings. The van der Waals surface area contributed by atoms with Gasteiger partial charge in [-0.15, -0.1) is 10.2 Å². The van der Waals surface area contributed by atoms with Crippen molar-refractivity contribution in [3.8, 4) is 0 Å². The number of rotatable bonds is 2. The van der Waals surface area contributed by atoms with Gasteiger partial charge in [-0.2, -0.15) is 9.61 Å². The summed E-state index contributed by atoms with van der Waals surface area (Å²) in [5.74, 6) is 0.418. The lowest BCUT2D eigenvalue weighted by molar-refractivity contribution is 0.513. The number of hydrogen-bond donors (Lipinski definition) is 1. The molecule has 0 amide bonds. The lowest BCUT2D eigenvalue weighted by Gasteiger charge is -2.22. The van der Waals surface area contributed by atoms with Crippen LogP contribution in [0, 0.1) is 0 Å². The Kier molecular flexibility index (Phi) is 2.60. The number of fused-ring (bicyclic) bond motifs is 1. The van der Waals surface area contributed by atoms with Crippen LogP contribution >= 0.6 is 11.3 Å². The van der Waals surface area contributed by atoms with Crippen LogP contribution in [0.1, 0.15) is 5.01 Å². The Balaban J connectivity index is 1.76. The van der Waals surface area contributed by atoms with E-state index in [-0.39, 0.29) is 17.5 Å². The van der Waals surface area contributed by atoms with Crippen molar-refractivity contribution in [3.63, 3.8) is 0 Å². The summed E-state index contributed by atoms with van der Waals surface area (Å²) in [7, 11) is -2.89. The molecule has 2 aromatic rings. The SMILES string of the molecule is O=S1(=O)CCNC(Cc2nn3cnnc3s2)C1. The zero-order valence-corrected chi connectivity index (χ0v) is 10.5. The molecule has 92 valence electrons. The molecule has 1 saturated heterocycles. The topological polar surface area (TPSA) is 89.2 Å². The second kappa shape index (κ2) is 4.00. The smallest absolute Gasteiger partial charge is 0.234 e. The van der Waals surface area contributed by atoms with E-state index < -0.39 is 9.84 Å². The summed E-state index contributed by atoms with van der Waals surface area (Å²) < 4.78 is 24.6. The minimum absolute atomic E-state index is 0.0439. The predicted molar refractivity (Wildman–Crippen MR) is 62.8 cm³/mol. The highest BCUT2D eigenvalue weighted by Crippen LogP contribution is 2.15. The lowest BCUT2D eigenvalue weighted by Crippen LogP contribution is -2.46. The van der Waals surface area contributed by atoms with Crippen molar-refractivity contribution in [1.29, 1.82) is 0 Å². The molecule has 3 rings (SSSR count). The standard InChI is InChI=1S/C8H11N5O2S2/c14-17(15)2-1-9-6(4-17)3-7-12-13-5-10-11-8(13)16-7/h5-6,9H,1-4H2. The summed E-state index contributed by atoms with van der Waals surface area (Å²) in [6.07, 6.45) is 2.16. The Morgan fingerprint density at radius 1 is 1.59 bits per heavy atom. The second-order valence-corrected chi connectivity index (χ2v) is 7.29. The molecule has 1 N–H and O–H groups in total. The molecule has 0 aliphatic carbocycles. The summed E-state index contributed by atoms with van der Waals surface area (Å²) in [6.45, 7) is 0.525. The Hall–Kier alpha value is -1.06. The largest absolute Gasteiger partial charge is 0.312 e. The van der Waals surface area contributed by atoms with Crippen LogP contribution in [0.5, 0.6) is 0 Å². The van der Waals surface area contributed by atoms with Crippen molar-refractivity contribution < 1.29 is 8.42 Å². The third-order valence-electron chi connectivity index (χ3n) is 2.65. The van der Waals surface area contributed by atoms with E-state index in [4.69, 9.17) is 0 Å². The van der Waals surface area contributed by atoms with Gasteiger partial charge in [-0.25, -0.2) is 8.42 Å². The molecule has 1 unspecified atom stereocenters. The number of hydrogen-bond acceptors (Lipinski definition) is 7. The van der Waals surface area contributed by atoms with Crippen LogP contribution in [-0.2, 0) is 16.3 Å². The fourth-order valence-corrected chi connectivity index (χ4v) is 4.23. The van der Waals surface area contributed by atoms with Gasteiger partial charge in [-0.05, 0) is 0 Å². The molecule has 0 aromatic carbocycles. The molecular weight excluding hydrogens is 262 g/mol. The molecule has 7 nitrogen and oxygen atoms in total. The van der Waals surface area contributed by atoms with E-state index in [1.165, 1.54) is 11.3 Å². The van der Waals surface area contributed by atoms with Crippen LogP contribution in [0.3, 0.4) is 0 Å². The van der Waals surface area contributed by atoms with E-state index >= 15 is 0 Å². The maximum atomic E-state index is 11.5. The first-order valence-electron chi connectivity index (χ1n) is 5.22. The fraction of sp³-hybridized carbons (Fsp3) is 0.625. The normalized spacial score (nSPS) is 24.1. The maximum Gasteiger partial charge on any atom is 0.234 e. The summed E-state index contributed by atoms with van der Waals surface area (Å²) in [5, 5.41) is 16.0. The monoisotopic (exact) mass is 273 g/mol. The van der Waals surface area contributed by atoms with Crippen LogP contribution in [0.15, 0.2) is 6.33 Å². The average molecular weight is 273 g/mol.